The van der Waals surface area contributed by atoms with Gasteiger partial charge in [0.2, 0.25) is 0 Å². The zero-order valence-electron chi connectivity index (χ0n) is 15.9. The SMILES string of the molecule is Cc1cnn(C2CCN(C(=O)C(=O)N3CCCCC3c3cnn(C)c3)C2)c1. The van der Waals surface area contributed by atoms with E-state index in [4.69, 9.17) is 0 Å². The van der Waals surface area contributed by atoms with Gasteiger partial charge in [-0.05, 0) is 38.2 Å². The Morgan fingerprint density at radius 3 is 2.59 bits per heavy atom. The molecule has 2 fully saturated rings. The Bertz CT molecular complexity index is 841. The van der Waals surface area contributed by atoms with Crippen LogP contribution in [0.25, 0.3) is 0 Å². The third-order valence-corrected chi connectivity index (χ3v) is 5.61. The molecule has 0 bridgehead atoms. The zero-order chi connectivity index (χ0) is 19.0. The van der Waals surface area contributed by atoms with Gasteiger partial charge in [-0.2, -0.15) is 10.2 Å². The number of rotatable bonds is 2. The summed E-state index contributed by atoms with van der Waals surface area (Å²) in [4.78, 5) is 29.3. The predicted octanol–water partition coefficient (Wildman–Crippen LogP) is 1.45. The number of piperidine rings is 1. The highest BCUT2D eigenvalue weighted by Crippen LogP contribution is 2.31. The van der Waals surface area contributed by atoms with Crippen LogP contribution in [0.4, 0.5) is 0 Å². The predicted molar refractivity (Wildman–Crippen MR) is 98.7 cm³/mol. The minimum Gasteiger partial charge on any atom is -0.332 e. The second-order valence-corrected chi connectivity index (χ2v) is 7.65. The molecule has 4 rings (SSSR count). The Morgan fingerprint density at radius 2 is 1.89 bits per heavy atom. The van der Waals surface area contributed by atoms with Gasteiger partial charge in [-0.1, -0.05) is 0 Å². The summed E-state index contributed by atoms with van der Waals surface area (Å²) in [5, 5.41) is 8.58. The summed E-state index contributed by atoms with van der Waals surface area (Å²) in [5.74, 6) is -0.780. The first-order chi connectivity index (χ1) is 13.0. The van der Waals surface area contributed by atoms with Gasteiger partial charge in [0.1, 0.15) is 0 Å². The largest absolute Gasteiger partial charge is 0.332 e. The third kappa shape index (κ3) is 3.48. The van der Waals surface area contributed by atoms with Crippen molar-refractivity contribution < 1.29 is 9.59 Å². The topological polar surface area (TPSA) is 76.3 Å². The normalized spacial score (nSPS) is 23.0. The van der Waals surface area contributed by atoms with Crippen LogP contribution < -0.4 is 0 Å². The fraction of sp³-hybridized carbons (Fsp3) is 0.579. The minimum atomic E-state index is -0.392. The van der Waals surface area contributed by atoms with Crippen LogP contribution in [0.5, 0.6) is 0 Å². The van der Waals surface area contributed by atoms with E-state index in [-0.39, 0.29) is 18.0 Å². The molecular weight excluding hydrogens is 344 g/mol. The fourth-order valence-electron chi connectivity index (χ4n) is 4.17. The molecule has 2 saturated heterocycles. The van der Waals surface area contributed by atoms with Gasteiger partial charge in [-0.25, -0.2) is 0 Å². The van der Waals surface area contributed by atoms with Crippen molar-refractivity contribution >= 4 is 11.8 Å². The summed E-state index contributed by atoms with van der Waals surface area (Å²) in [7, 11) is 1.87. The van der Waals surface area contributed by atoms with E-state index in [1.54, 1.807) is 20.7 Å². The summed E-state index contributed by atoms with van der Waals surface area (Å²) in [6.07, 6.45) is 11.2. The van der Waals surface area contributed by atoms with Crippen LogP contribution in [0, 0.1) is 6.92 Å². The summed E-state index contributed by atoms with van der Waals surface area (Å²) >= 11 is 0. The van der Waals surface area contributed by atoms with Crippen LogP contribution in [-0.4, -0.2) is 60.8 Å². The maximum Gasteiger partial charge on any atom is 0.312 e. The molecule has 0 radical (unpaired) electrons. The maximum absolute atomic E-state index is 13.0. The van der Waals surface area contributed by atoms with Crippen LogP contribution in [0.1, 0.15) is 48.9 Å². The summed E-state index contributed by atoms with van der Waals surface area (Å²) in [6.45, 7) is 3.76. The first-order valence-corrected chi connectivity index (χ1v) is 9.62. The average Bonchev–Trinajstić information content (AvgIpc) is 3.41. The molecule has 144 valence electrons. The zero-order valence-corrected chi connectivity index (χ0v) is 15.9. The van der Waals surface area contributed by atoms with Gasteiger partial charge < -0.3 is 9.80 Å². The smallest absolute Gasteiger partial charge is 0.312 e. The van der Waals surface area contributed by atoms with E-state index >= 15 is 0 Å². The number of carbonyl (C=O) groups is 2. The third-order valence-electron chi connectivity index (χ3n) is 5.61. The van der Waals surface area contributed by atoms with Crippen LogP contribution in [0.2, 0.25) is 0 Å². The molecule has 2 atom stereocenters. The number of hydrogen-bond acceptors (Lipinski definition) is 4. The Hall–Kier alpha value is -2.64. The molecule has 2 aliphatic heterocycles. The molecule has 0 spiro atoms. The van der Waals surface area contributed by atoms with Crippen LogP contribution in [-0.2, 0) is 16.6 Å². The molecule has 2 unspecified atom stereocenters. The number of amides is 2. The Labute approximate surface area is 158 Å². The molecule has 2 amide bonds. The van der Waals surface area contributed by atoms with Crippen molar-refractivity contribution in [2.75, 3.05) is 19.6 Å². The summed E-state index contributed by atoms with van der Waals surface area (Å²) in [5.41, 5.74) is 2.10. The van der Waals surface area contributed by atoms with E-state index < -0.39 is 5.91 Å². The van der Waals surface area contributed by atoms with E-state index in [0.717, 1.165) is 36.8 Å². The van der Waals surface area contributed by atoms with Gasteiger partial charge in [-0.3, -0.25) is 19.0 Å². The molecule has 0 aliphatic carbocycles. The quantitative estimate of drug-likeness (QED) is 0.750. The Kier molecular flexibility index (Phi) is 4.72. The highest BCUT2D eigenvalue weighted by atomic mass is 16.2. The van der Waals surface area contributed by atoms with Gasteiger partial charge in [0.15, 0.2) is 0 Å². The number of hydrogen-bond donors (Lipinski definition) is 0. The molecule has 2 aliphatic rings. The Balaban J connectivity index is 1.45. The standard InChI is InChI=1S/C19H26N6O2/c1-14-9-21-25(11-14)16-6-8-23(13-16)18(26)19(27)24-7-4-3-5-17(24)15-10-20-22(2)12-15/h9-12,16-17H,3-8,13H2,1-2H3. The van der Waals surface area contributed by atoms with Crippen molar-refractivity contribution in [3.05, 3.63) is 35.9 Å². The van der Waals surface area contributed by atoms with Crippen molar-refractivity contribution in [1.29, 1.82) is 0 Å². The number of carbonyl (C=O) groups excluding carboxylic acids is 2. The molecule has 4 heterocycles. The lowest BCUT2D eigenvalue weighted by Crippen LogP contribution is -2.47. The molecule has 8 heteroatoms. The van der Waals surface area contributed by atoms with E-state index in [1.807, 2.05) is 37.2 Å². The van der Waals surface area contributed by atoms with E-state index in [0.29, 0.717) is 19.6 Å². The summed E-state index contributed by atoms with van der Waals surface area (Å²) in [6, 6.07) is 0.0852. The van der Waals surface area contributed by atoms with E-state index in [2.05, 4.69) is 10.2 Å². The second-order valence-electron chi connectivity index (χ2n) is 7.65. The lowest BCUT2D eigenvalue weighted by atomic mass is 9.97. The van der Waals surface area contributed by atoms with Crippen molar-refractivity contribution in [3.8, 4) is 0 Å². The van der Waals surface area contributed by atoms with Gasteiger partial charge >= 0.3 is 11.8 Å². The molecule has 0 aromatic carbocycles. The average molecular weight is 370 g/mol. The molecule has 27 heavy (non-hydrogen) atoms. The van der Waals surface area contributed by atoms with Crippen LogP contribution in [0.3, 0.4) is 0 Å². The molecule has 0 N–H and O–H groups in total. The van der Waals surface area contributed by atoms with Crippen LogP contribution >= 0.6 is 0 Å². The molecule has 2 aromatic rings. The fourth-order valence-corrected chi connectivity index (χ4v) is 4.17. The molecule has 8 nitrogen and oxygen atoms in total. The number of aryl methyl sites for hydroxylation is 2. The lowest BCUT2D eigenvalue weighted by molar-refractivity contribution is -0.153. The van der Waals surface area contributed by atoms with E-state index in [9.17, 15) is 9.59 Å². The highest BCUT2D eigenvalue weighted by molar-refractivity contribution is 6.35. The summed E-state index contributed by atoms with van der Waals surface area (Å²) < 4.78 is 3.65. The van der Waals surface area contributed by atoms with Crippen molar-refractivity contribution in [2.45, 2.75) is 44.7 Å². The molecule has 0 saturated carbocycles. The first-order valence-electron chi connectivity index (χ1n) is 9.62. The lowest BCUT2D eigenvalue weighted by Gasteiger charge is -2.35. The highest BCUT2D eigenvalue weighted by Gasteiger charge is 2.37. The van der Waals surface area contributed by atoms with Gasteiger partial charge in [0.05, 0.1) is 24.5 Å². The van der Waals surface area contributed by atoms with E-state index in [1.165, 1.54) is 0 Å². The van der Waals surface area contributed by atoms with Gasteiger partial charge in [0, 0.05) is 44.6 Å². The maximum atomic E-state index is 13.0. The van der Waals surface area contributed by atoms with Gasteiger partial charge in [-0.15, -0.1) is 0 Å². The van der Waals surface area contributed by atoms with Crippen LogP contribution in [0.15, 0.2) is 24.8 Å². The molecular formula is C19H26N6O2. The first kappa shape index (κ1) is 17.8. The monoisotopic (exact) mass is 370 g/mol. The minimum absolute atomic E-state index is 0.0592. The number of aromatic nitrogens is 4. The number of nitrogens with zero attached hydrogens (tertiary/aromatic N) is 6. The second kappa shape index (κ2) is 7.17. The van der Waals surface area contributed by atoms with Crippen molar-refractivity contribution in [1.82, 2.24) is 29.4 Å². The number of likely N-dealkylation sites (tertiary alicyclic amines) is 2. The van der Waals surface area contributed by atoms with Crippen molar-refractivity contribution in [3.63, 3.8) is 0 Å². The molecule has 2 aromatic heterocycles. The van der Waals surface area contributed by atoms with Gasteiger partial charge in [0.25, 0.3) is 0 Å². The van der Waals surface area contributed by atoms with Crippen molar-refractivity contribution in [2.24, 2.45) is 7.05 Å². The Morgan fingerprint density at radius 1 is 1.04 bits per heavy atom.